The molecule has 0 radical (unpaired) electrons. The zero-order valence-electron chi connectivity index (χ0n) is 20.2. The maximum Gasteiger partial charge on any atom is 0.0491 e. The Morgan fingerprint density at radius 3 is 1.85 bits per heavy atom. The van der Waals surface area contributed by atoms with E-state index in [9.17, 15) is 0 Å². The lowest BCUT2D eigenvalue weighted by atomic mass is 10.1. The molecule has 3 nitrogen and oxygen atoms in total. The summed E-state index contributed by atoms with van der Waals surface area (Å²) in [7, 11) is 0. The number of benzene rings is 3. The third-order valence-corrected chi connectivity index (χ3v) is 7.44. The molecule has 1 aliphatic heterocycles. The number of rotatable bonds is 8. The van der Waals surface area contributed by atoms with Gasteiger partial charge in [-0.05, 0) is 63.9 Å². The van der Waals surface area contributed by atoms with Gasteiger partial charge in [-0.1, -0.05) is 66.7 Å². The fraction of sp³-hybridized carbons (Fsp3) is 0.400. The van der Waals surface area contributed by atoms with Gasteiger partial charge in [0.25, 0.3) is 0 Å². The monoisotopic (exact) mass is 439 g/mol. The van der Waals surface area contributed by atoms with Crippen molar-refractivity contribution < 1.29 is 0 Å². The van der Waals surface area contributed by atoms with Crippen molar-refractivity contribution in [3.63, 3.8) is 0 Å². The molecule has 4 aromatic rings. The highest BCUT2D eigenvalue weighted by Crippen LogP contribution is 2.29. The molecule has 1 saturated heterocycles. The predicted octanol–water partition coefficient (Wildman–Crippen LogP) is 6.21. The molecule has 1 aromatic heterocycles. The highest BCUT2D eigenvalue weighted by molar-refractivity contribution is 6.07. The van der Waals surface area contributed by atoms with Gasteiger partial charge in [-0.3, -0.25) is 4.90 Å². The Morgan fingerprint density at radius 1 is 0.636 bits per heavy atom. The fourth-order valence-electron chi connectivity index (χ4n) is 5.90. The van der Waals surface area contributed by atoms with Crippen LogP contribution < -0.4 is 0 Å². The first kappa shape index (κ1) is 22.2. The van der Waals surface area contributed by atoms with E-state index >= 15 is 0 Å². The van der Waals surface area contributed by atoms with E-state index in [1.165, 1.54) is 72.8 Å². The van der Waals surface area contributed by atoms with Crippen LogP contribution >= 0.6 is 0 Å². The molecule has 0 spiro atoms. The fourth-order valence-corrected chi connectivity index (χ4v) is 5.90. The van der Waals surface area contributed by atoms with Crippen molar-refractivity contribution in [3.05, 3.63) is 84.4 Å². The van der Waals surface area contributed by atoms with Gasteiger partial charge in [0.05, 0.1) is 0 Å². The molecule has 1 aliphatic rings. The molecule has 0 unspecified atom stereocenters. The van der Waals surface area contributed by atoms with Crippen molar-refractivity contribution in [1.29, 1.82) is 0 Å². The molecule has 0 amide bonds. The molecule has 3 aromatic carbocycles. The summed E-state index contributed by atoms with van der Waals surface area (Å²) in [6, 6.07) is 29.9. The Hall–Kier alpha value is -2.62. The van der Waals surface area contributed by atoms with Crippen LogP contribution in [0.25, 0.3) is 21.8 Å². The van der Waals surface area contributed by atoms with Gasteiger partial charge in [-0.15, -0.1) is 0 Å². The molecule has 0 aliphatic carbocycles. The zero-order valence-corrected chi connectivity index (χ0v) is 20.2. The van der Waals surface area contributed by atoms with E-state index in [-0.39, 0.29) is 0 Å². The lowest BCUT2D eigenvalue weighted by Crippen LogP contribution is -2.56. The van der Waals surface area contributed by atoms with Crippen LogP contribution in [0.1, 0.15) is 32.3 Å². The molecule has 5 rings (SSSR count). The van der Waals surface area contributed by atoms with E-state index in [1.54, 1.807) is 0 Å². The minimum Gasteiger partial charge on any atom is -0.340 e. The van der Waals surface area contributed by atoms with Crippen molar-refractivity contribution >= 4 is 21.8 Å². The predicted molar refractivity (Wildman–Crippen MR) is 141 cm³/mol. The number of hydrogen-bond acceptors (Lipinski definition) is 2. The Morgan fingerprint density at radius 2 is 1.21 bits per heavy atom. The first-order valence-corrected chi connectivity index (χ1v) is 12.7. The highest BCUT2D eigenvalue weighted by atomic mass is 15.3. The van der Waals surface area contributed by atoms with Gasteiger partial charge in [0.15, 0.2) is 0 Å². The number of piperazine rings is 1. The average Bonchev–Trinajstić information content (AvgIpc) is 3.15. The van der Waals surface area contributed by atoms with Crippen LogP contribution in [0.3, 0.4) is 0 Å². The van der Waals surface area contributed by atoms with Crippen molar-refractivity contribution in [1.82, 2.24) is 14.4 Å². The quantitative estimate of drug-likeness (QED) is 0.323. The third kappa shape index (κ3) is 4.85. The molecule has 2 heterocycles. The molecule has 0 N–H and O–H groups in total. The van der Waals surface area contributed by atoms with E-state index in [1.807, 2.05) is 0 Å². The van der Waals surface area contributed by atoms with Crippen molar-refractivity contribution in [2.45, 2.75) is 51.7 Å². The van der Waals surface area contributed by atoms with E-state index in [0.29, 0.717) is 12.1 Å². The maximum atomic E-state index is 2.73. The summed E-state index contributed by atoms with van der Waals surface area (Å²) in [5.41, 5.74) is 4.19. The second-order valence-corrected chi connectivity index (χ2v) is 9.82. The molecular formula is C30H37N3. The summed E-state index contributed by atoms with van der Waals surface area (Å²) in [6.45, 7) is 10.6. The molecule has 0 saturated carbocycles. The standard InChI is InChI=1S/C30H37N3/c1-24-22-31(23-25(2)32(24)20-10-14-26-12-4-3-5-13-26)19-11-21-33-29-17-8-6-15-27(29)28-16-7-9-18-30(28)33/h3-9,12-13,15-18,24-25H,10-11,14,19-23H2,1-2H3/t24-,25+. The topological polar surface area (TPSA) is 11.4 Å². The van der Waals surface area contributed by atoms with Gasteiger partial charge in [-0.2, -0.15) is 0 Å². The summed E-state index contributed by atoms with van der Waals surface area (Å²) in [5.74, 6) is 0. The molecule has 1 fully saturated rings. The summed E-state index contributed by atoms with van der Waals surface area (Å²) in [6.07, 6.45) is 3.61. The number of fused-ring (bicyclic) bond motifs is 3. The lowest BCUT2D eigenvalue weighted by Gasteiger charge is -2.44. The van der Waals surface area contributed by atoms with Crippen molar-refractivity contribution in [3.8, 4) is 0 Å². The van der Waals surface area contributed by atoms with Crippen LogP contribution in [0.15, 0.2) is 78.9 Å². The van der Waals surface area contributed by atoms with E-state index < -0.39 is 0 Å². The second kappa shape index (κ2) is 10.1. The van der Waals surface area contributed by atoms with Crippen LogP contribution in [-0.2, 0) is 13.0 Å². The Labute approximate surface area is 198 Å². The van der Waals surface area contributed by atoms with Gasteiger partial charge >= 0.3 is 0 Å². The number of aryl methyl sites for hydroxylation is 2. The number of nitrogens with zero attached hydrogens (tertiary/aromatic N) is 3. The highest BCUT2D eigenvalue weighted by Gasteiger charge is 2.28. The van der Waals surface area contributed by atoms with Gasteiger partial charge < -0.3 is 9.47 Å². The molecule has 172 valence electrons. The largest absolute Gasteiger partial charge is 0.340 e. The smallest absolute Gasteiger partial charge is 0.0491 e. The lowest BCUT2D eigenvalue weighted by molar-refractivity contribution is 0.0373. The minimum atomic E-state index is 0.623. The first-order chi connectivity index (χ1) is 16.2. The van der Waals surface area contributed by atoms with Gasteiger partial charge in [-0.25, -0.2) is 0 Å². The maximum absolute atomic E-state index is 2.73. The van der Waals surface area contributed by atoms with Crippen LogP contribution in [0, 0.1) is 0 Å². The van der Waals surface area contributed by atoms with Crippen LogP contribution in [0.2, 0.25) is 0 Å². The van der Waals surface area contributed by atoms with E-state index in [2.05, 4.69) is 107 Å². The molecule has 3 heteroatoms. The van der Waals surface area contributed by atoms with Crippen molar-refractivity contribution in [2.75, 3.05) is 26.2 Å². The second-order valence-electron chi connectivity index (χ2n) is 9.82. The SMILES string of the molecule is C[C@@H]1CN(CCCn2c3ccccc3c3ccccc32)C[C@H](C)N1CCCc1ccccc1. The normalized spacial score (nSPS) is 20.1. The zero-order chi connectivity index (χ0) is 22.6. The summed E-state index contributed by atoms with van der Waals surface area (Å²) < 4.78 is 2.53. The van der Waals surface area contributed by atoms with E-state index in [0.717, 1.165) is 6.54 Å². The van der Waals surface area contributed by atoms with Crippen molar-refractivity contribution in [2.24, 2.45) is 0 Å². The number of para-hydroxylation sites is 2. The van der Waals surface area contributed by atoms with Gasteiger partial charge in [0.2, 0.25) is 0 Å². The number of hydrogen-bond donors (Lipinski definition) is 0. The molecular weight excluding hydrogens is 402 g/mol. The molecule has 0 bridgehead atoms. The molecule has 2 atom stereocenters. The molecule has 33 heavy (non-hydrogen) atoms. The summed E-state index contributed by atoms with van der Waals surface area (Å²) in [4.78, 5) is 5.42. The summed E-state index contributed by atoms with van der Waals surface area (Å²) >= 11 is 0. The Bertz CT molecular complexity index is 1110. The van der Waals surface area contributed by atoms with Crippen LogP contribution in [-0.4, -0.2) is 52.6 Å². The van der Waals surface area contributed by atoms with Gasteiger partial charge in [0, 0.05) is 53.5 Å². The Kier molecular flexibility index (Phi) is 6.80. The van der Waals surface area contributed by atoms with Crippen LogP contribution in [0.5, 0.6) is 0 Å². The Balaban J connectivity index is 1.16. The third-order valence-electron chi connectivity index (χ3n) is 7.44. The minimum absolute atomic E-state index is 0.623. The summed E-state index contributed by atoms with van der Waals surface area (Å²) in [5, 5.41) is 2.75. The van der Waals surface area contributed by atoms with E-state index in [4.69, 9.17) is 0 Å². The average molecular weight is 440 g/mol. The first-order valence-electron chi connectivity index (χ1n) is 12.7. The van der Waals surface area contributed by atoms with Gasteiger partial charge in [0.1, 0.15) is 0 Å². The van der Waals surface area contributed by atoms with Crippen LogP contribution in [0.4, 0.5) is 0 Å². The number of aromatic nitrogens is 1.